The highest BCUT2D eigenvalue weighted by Crippen LogP contribution is 2.22. The Morgan fingerprint density at radius 3 is 2.50 bits per heavy atom. The summed E-state index contributed by atoms with van der Waals surface area (Å²) in [6, 6.07) is 25.1. The maximum Gasteiger partial charge on any atom is 0.289 e. The van der Waals surface area contributed by atoms with Gasteiger partial charge >= 0.3 is 0 Å². The van der Waals surface area contributed by atoms with Crippen LogP contribution >= 0.6 is 0 Å². The number of furan rings is 1. The third-order valence-electron chi connectivity index (χ3n) is 5.87. The number of nitrogens with one attached hydrogen (secondary N) is 1. The fourth-order valence-electron chi connectivity index (χ4n) is 3.77. The zero-order chi connectivity index (χ0) is 23.5. The number of benzene rings is 3. The van der Waals surface area contributed by atoms with E-state index in [1.54, 1.807) is 36.2 Å². The SMILES string of the molecule is CN(Cc1ccc(C(=O)NC2CC2)cc1)C(=O)c1ccc(COc2ccc3ccccc3c2)o1. The average Bonchev–Trinajstić information content (AvgIpc) is 3.55. The highest BCUT2D eigenvalue weighted by Gasteiger charge is 2.23. The molecular formula is C28H26N2O4. The summed E-state index contributed by atoms with van der Waals surface area (Å²) >= 11 is 0. The molecule has 1 aromatic heterocycles. The molecule has 3 aromatic carbocycles. The number of rotatable bonds is 8. The highest BCUT2D eigenvalue weighted by molar-refractivity contribution is 5.94. The van der Waals surface area contributed by atoms with Gasteiger partial charge in [-0.15, -0.1) is 0 Å². The Bertz CT molecular complexity index is 1320. The van der Waals surface area contributed by atoms with Gasteiger partial charge in [0.15, 0.2) is 5.76 Å². The van der Waals surface area contributed by atoms with E-state index in [4.69, 9.17) is 9.15 Å². The number of carbonyl (C=O) groups excluding carboxylic acids is 2. The minimum Gasteiger partial charge on any atom is -0.486 e. The smallest absolute Gasteiger partial charge is 0.289 e. The number of fused-ring (bicyclic) bond motifs is 1. The summed E-state index contributed by atoms with van der Waals surface area (Å²) in [6.07, 6.45) is 2.11. The van der Waals surface area contributed by atoms with Gasteiger partial charge in [-0.25, -0.2) is 0 Å². The van der Waals surface area contributed by atoms with Crippen LogP contribution in [0.15, 0.2) is 83.3 Å². The first kappa shape index (κ1) is 21.8. The van der Waals surface area contributed by atoms with Crippen LogP contribution in [0.4, 0.5) is 0 Å². The predicted molar refractivity (Wildman–Crippen MR) is 130 cm³/mol. The van der Waals surface area contributed by atoms with Gasteiger partial charge in [-0.2, -0.15) is 0 Å². The zero-order valence-electron chi connectivity index (χ0n) is 19.0. The molecule has 6 nitrogen and oxygen atoms in total. The van der Waals surface area contributed by atoms with Crippen molar-refractivity contribution in [3.8, 4) is 5.75 Å². The molecule has 1 saturated carbocycles. The Morgan fingerprint density at radius 1 is 0.971 bits per heavy atom. The maximum atomic E-state index is 12.8. The summed E-state index contributed by atoms with van der Waals surface area (Å²) in [6.45, 7) is 0.646. The fraction of sp³-hybridized carbons (Fsp3) is 0.214. The van der Waals surface area contributed by atoms with Crippen molar-refractivity contribution < 1.29 is 18.7 Å². The summed E-state index contributed by atoms with van der Waals surface area (Å²) in [5, 5.41) is 5.23. The molecule has 0 spiro atoms. The van der Waals surface area contributed by atoms with Crippen molar-refractivity contribution in [2.75, 3.05) is 7.05 Å². The summed E-state index contributed by atoms with van der Waals surface area (Å²) in [5.41, 5.74) is 1.57. The van der Waals surface area contributed by atoms with Crippen LogP contribution in [0.5, 0.6) is 5.75 Å². The molecule has 6 heteroatoms. The Morgan fingerprint density at radius 2 is 1.74 bits per heavy atom. The molecule has 172 valence electrons. The lowest BCUT2D eigenvalue weighted by atomic mass is 10.1. The van der Waals surface area contributed by atoms with Gasteiger partial charge < -0.3 is 19.4 Å². The Hall–Kier alpha value is -4.06. The molecule has 5 rings (SSSR count). The Balaban J connectivity index is 1.16. The van der Waals surface area contributed by atoms with Crippen LogP contribution in [0, 0.1) is 0 Å². The minimum absolute atomic E-state index is 0.0486. The van der Waals surface area contributed by atoms with Gasteiger partial charge in [0, 0.05) is 25.2 Å². The number of carbonyl (C=O) groups is 2. The van der Waals surface area contributed by atoms with Gasteiger partial charge in [0.2, 0.25) is 0 Å². The van der Waals surface area contributed by atoms with E-state index in [9.17, 15) is 9.59 Å². The molecule has 1 heterocycles. The fourth-order valence-corrected chi connectivity index (χ4v) is 3.77. The lowest BCUT2D eigenvalue weighted by molar-refractivity contribution is 0.0749. The van der Waals surface area contributed by atoms with Gasteiger partial charge in [0.1, 0.15) is 18.1 Å². The molecule has 1 N–H and O–H groups in total. The van der Waals surface area contributed by atoms with Crippen LogP contribution in [0.1, 0.15) is 45.1 Å². The van der Waals surface area contributed by atoms with E-state index in [1.165, 1.54) is 0 Å². The summed E-state index contributed by atoms with van der Waals surface area (Å²) in [5.74, 6) is 1.32. The monoisotopic (exact) mass is 454 g/mol. The number of hydrogen-bond donors (Lipinski definition) is 1. The van der Waals surface area contributed by atoms with Crippen LogP contribution in [-0.4, -0.2) is 29.8 Å². The molecule has 1 fully saturated rings. The van der Waals surface area contributed by atoms with Crippen LogP contribution in [0.3, 0.4) is 0 Å². The molecule has 0 saturated heterocycles. The molecule has 0 radical (unpaired) electrons. The molecule has 0 atom stereocenters. The third-order valence-corrected chi connectivity index (χ3v) is 5.87. The van der Waals surface area contributed by atoms with E-state index < -0.39 is 0 Å². The molecule has 0 unspecified atom stereocenters. The Kier molecular flexibility index (Phi) is 6.04. The van der Waals surface area contributed by atoms with Crippen molar-refractivity contribution in [2.24, 2.45) is 0 Å². The van der Waals surface area contributed by atoms with Crippen molar-refractivity contribution >= 4 is 22.6 Å². The second-order valence-electron chi connectivity index (χ2n) is 8.67. The number of nitrogens with zero attached hydrogens (tertiary/aromatic N) is 1. The van der Waals surface area contributed by atoms with Crippen LogP contribution in [0.2, 0.25) is 0 Å². The van der Waals surface area contributed by atoms with E-state index in [2.05, 4.69) is 11.4 Å². The topological polar surface area (TPSA) is 71.8 Å². The maximum absolute atomic E-state index is 12.8. The molecule has 0 bridgehead atoms. The number of amides is 2. The van der Waals surface area contributed by atoms with E-state index >= 15 is 0 Å². The van der Waals surface area contributed by atoms with Gasteiger partial charge in [-0.1, -0.05) is 42.5 Å². The van der Waals surface area contributed by atoms with Crippen molar-refractivity contribution in [1.82, 2.24) is 10.2 Å². The standard InChI is InChI=1S/C28H26N2O4/c1-30(17-19-6-8-21(9-7-19)27(31)29-23-11-12-23)28(32)26-15-14-25(34-26)18-33-24-13-10-20-4-2-3-5-22(20)16-24/h2-10,13-16,23H,11-12,17-18H2,1H3,(H,29,31). The van der Waals surface area contributed by atoms with Crippen molar-refractivity contribution in [2.45, 2.75) is 32.0 Å². The van der Waals surface area contributed by atoms with E-state index in [0.717, 1.165) is 34.9 Å². The second-order valence-corrected chi connectivity index (χ2v) is 8.67. The minimum atomic E-state index is -0.215. The normalized spacial score (nSPS) is 13.0. The molecule has 0 aliphatic heterocycles. The highest BCUT2D eigenvalue weighted by atomic mass is 16.5. The largest absolute Gasteiger partial charge is 0.486 e. The first-order chi connectivity index (χ1) is 16.5. The molecular weight excluding hydrogens is 428 g/mol. The molecule has 34 heavy (non-hydrogen) atoms. The van der Waals surface area contributed by atoms with Gasteiger partial charge in [0.05, 0.1) is 0 Å². The first-order valence-electron chi connectivity index (χ1n) is 11.4. The van der Waals surface area contributed by atoms with E-state index in [-0.39, 0.29) is 24.2 Å². The summed E-state index contributed by atoms with van der Waals surface area (Å²) < 4.78 is 11.6. The predicted octanol–water partition coefficient (Wildman–Crippen LogP) is 5.18. The lowest BCUT2D eigenvalue weighted by Gasteiger charge is -2.16. The van der Waals surface area contributed by atoms with Crippen molar-refractivity contribution in [3.63, 3.8) is 0 Å². The van der Waals surface area contributed by atoms with E-state index in [1.807, 2.05) is 48.5 Å². The summed E-state index contributed by atoms with van der Waals surface area (Å²) in [4.78, 5) is 26.5. The zero-order valence-corrected chi connectivity index (χ0v) is 19.0. The van der Waals surface area contributed by atoms with Crippen molar-refractivity contribution in [3.05, 3.63) is 102 Å². The van der Waals surface area contributed by atoms with Crippen LogP contribution in [0.25, 0.3) is 10.8 Å². The van der Waals surface area contributed by atoms with Gasteiger partial charge in [0.25, 0.3) is 11.8 Å². The number of hydrogen-bond acceptors (Lipinski definition) is 4. The van der Waals surface area contributed by atoms with Gasteiger partial charge in [-0.3, -0.25) is 9.59 Å². The molecule has 1 aliphatic carbocycles. The van der Waals surface area contributed by atoms with Crippen LogP contribution < -0.4 is 10.1 Å². The Labute approximate surface area is 198 Å². The van der Waals surface area contributed by atoms with E-state index in [0.29, 0.717) is 23.9 Å². The first-order valence-corrected chi connectivity index (χ1v) is 11.4. The average molecular weight is 455 g/mol. The summed E-state index contributed by atoms with van der Waals surface area (Å²) in [7, 11) is 1.73. The second kappa shape index (κ2) is 9.43. The van der Waals surface area contributed by atoms with Crippen LogP contribution in [-0.2, 0) is 13.2 Å². The molecule has 1 aliphatic rings. The lowest BCUT2D eigenvalue weighted by Crippen LogP contribution is -2.26. The third kappa shape index (κ3) is 5.12. The molecule has 2 amide bonds. The van der Waals surface area contributed by atoms with Gasteiger partial charge in [-0.05, 0) is 65.6 Å². The quantitative estimate of drug-likeness (QED) is 0.398. The van der Waals surface area contributed by atoms with Crippen molar-refractivity contribution in [1.29, 1.82) is 0 Å². The number of ether oxygens (including phenoxy) is 1. The molecule has 4 aromatic rings.